The molecule has 0 fully saturated rings. The minimum atomic E-state index is -4.66. The van der Waals surface area contributed by atoms with E-state index in [2.05, 4.69) is 9.18 Å². The van der Waals surface area contributed by atoms with Gasteiger partial charge in [0.2, 0.25) is 5.90 Å². The Bertz CT molecular complexity index is 560. The topological polar surface area (TPSA) is 93.0 Å². The summed E-state index contributed by atoms with van der Waals surface area (Å²) < 4.78 is 33.5. The summed E-state index contributed by atoms with van der Waals surface area (Å²) in [6.45, 7) is 0. The lowest BCUT2D eigenvalue weighted by Crippen LogP contribution is -2.11. The first kappa shape index (κ1) is 9.81. The van der Waals surface area contributed by atoms with E-state index in [4.69, 9.17) is 4.55 Å². The summed E-state index contributed by atoms with van der Waals surface area (Å²) in [5.74, 6) is -0.998. The molecule has 2 rings (SSSR count). The van der Waals surface area contributed by atoms with E-state index in [1.165, 1.54) is 12.1 Å². The van der Waals surface area contributed by atoms with Gasteiger partial charge in [-0.25, -0.2) is 0 Å². The molecule has 0 unspecified atom stereocenters. The zero-order chi connectivity index (χ0) is 11.1. The highest BCUT2D eigenvalue weighted by molar-refractivity contribution is 7.81. The Balaban J connectivity index is 2.46. The highest BCUT2D eigenvalue weighted by Crippen LogP contribution is 2.19. The lowest BCUT2D eigenvalue weighted by atomic mass is 10.1. The van der Waals surface area contributed by atoms with Crippen LogP contribution in [0.3, 0.4) is 0 Å². The van der Waals surface area contributed by atoms with Crippen LogP contribution in [0.25, 0.3) is 0 Å². The summed E-state index contributed by atoms with van der Waals surface area (Å²) in [6, 6.07) is 6.18. The molecule has 1 N–H and O–H groups in total. The van der Waals surface area contributed by atoms with Crippen LogP contribution in [0.2, 0.25) is 0 Å². The second-order valence-electron chi connectivity index (χ2n) is 2.78. The van der Waals surface area contributed by atoms with Crippen molar-refractivity contribution in [3.63, 3.8) is 0 Å². The van der Waals surface area contributed by atoms with E-state index in [-0.39, 0.29) is 11.1 Å². The number of carbonyl (C=O) groups excluding carboxylic acids is 1. The summed E-state index contributed by atoms with van der Waals surface area (Å²) in [5, 5.41) is 0. The summed E-state index contributed by atoms with van der Waals surface area (Å²) in [5.41, 5.74) is 0.497. The molecule has 0 radical (unpaired) electrons. The number of nitrogens with zero attached hydrogens (tertiary/aromatic N) is 1. The van der Waals surface area contributed by atoms with Crippen LogP contribution >= 0.6 is 0 Å². The SMILES string of the molecule is O=C1N=C(OS(=O)(=O)O)c2ccccc21. The number of rotatable bonds is 1. The van der Waals surface area contributed by atoms with Crippen molar-refractivity contribution < 1.29 is 21.9 Å². The predicted octanol–water partition coefficient (Wildman–Crippen LogP) is 0.406. The van der Waals surface area contributed by atoms with Gasteiger partial charge in [-0.05, 0) is 12.1 Å². The molecular weight excluding hydrogens is 222 g/mol. The van der Waals surface area contributed by atoms with E-state index in [0.717, 1.165) is 0 Å². The minimum absolute atomic E-state index is 0.246. The van der Waals surface area contributed by atoms with Crippen LogP contribution in [0.15, 0.2) is 29.3 Å². The molecular formula is C8H5NO5S. The van der Waals surface area contributed by atoms with Crippen LogP contribution in [0.1, 0.15) is 15.9 Å². The Morgan fingerprint density at radius 1 is 1.20 bits per heavy atom. The molecule has 7 heteroatoms. The van der Waals surface area contributed by atoms with Gasteiger partial charge in [0.15, 0.2) is 0 Å². The summed E-state index contributed by atoms with van der Waals surface area (Å²) in [4.78, 5) is 14.6. The van der Waals surface area contributed by atoms with Crippen molar-refractivity contribution in [1.82, 2.24) is 0 Å². The predicted molar refractivity (Wildman–Crippen MR) is 49.9 cm³/mol. The second-order valence-corrected chi connectivity index (χ2v) is 3.80. The van der Waals surface area contributed by atoms with Gasteiger partial charge >= 0.3 is 10.4 Å². The molecule has 1 aliphatic heterocycles. The summed E-state index contributed by atoms with van der Waals surface area (Å²) in [7, 11) is -4.66. The van der Waals surface area contributed by atoms with E-state index in [0.29, 0.717) is 0 Å². The highest BCUT2D eigenvalue weighted by Gasteiger charge is 2.26. The zero-order valence-corrected chi connectivity index (χ0v) is 8.06. The van der Waals surface area contributed by atoms with Gasteiger partial charge < -0.3 is 4.18 Å². The summed E-state index contributed by atoms with van der Waals surface area (Å²) >= 11 is 0. The van der Waals surface area contributed by atoms with Gasteiger partial charge in [-0.2, -0.15) is 13.4 Å². The quantitative estimate of drug-likeness (QED) is 0.701. The molecule has 1 heterocycles. The van der Waals surface area contributed by atoms with Gasteiger partial charge in [-0.3, -0.25) is 9.35 Å². The van der Waals surface area contributed by atoms with Crippen LogP contribution in [-0.2, 0) is 14.6 Å². The molecule has 1 aromatic carbocycles. The number of carbonyl (C=O) groups is 1. The lowest BCUT2D eigenvalue weighted by Gasteiger charge is -2.00. The lowest BCUT2D eigenvalue weighted by molar-refractivity contribution is 0.101. The number of benzene rings is 1. The molecule has 0 atom stereocenters. The van der Waals surface area contributed by atoms with E-state index < -0.39 is 22.2 Å². The molecule has 1 amide bonds. The standard InChI is InChI=1S/C8H5NO5S/c10-7-5-3-1-2-4-6(5)8(9-7)14-15(11,12)13/h1-4H,(H,11,12,13). The van der Waals surface area contributed by atoms with Crippen molar-refractivity contribution >= 4 is 22.2 Å². The van der Waals surface area contributed by atoms with Crippen molar-refractivity contribution in [2.24, 2.45) is 4.99 Å². The van der Waals surface area contributed by atoms with Crippen molar-refractivity contribution in [2.75, 3.05) is 0 Å². The molecule has 1 aliphatic rings. The Hall–Kier alpha value is -1.73. The third-order valence-corrected chi connectivity index (χ3v) is 2.14. The van der Waals surface area contributed by atoms with Crippen LogP contribution in [0, 0.1) is 0 Å². The molecule has 0 aliphatic carbocycles. The second kappa shape index (κ2) is 3.14. The Kier molecular flexibility index (Phi) is 2.06. The third-order valence-electron chi connectivity index (χ3n) is 1.78. The first-order valence-electron chi connectivity index (χ1n) is 3.87. The maximum Gasteiger partial charge on any atom is 0.448 e. The van der Waals surface area contributed by atoms with Crippen LogP contribution in [0.5, 0.6) is 0 Å². The first-order valence-corrected chi connectivity index (χ1v) is 5.23. The molecule has 0 aromatic heterocycles. The number of aliphatic imine (C=N–C) groups is 1. The van der Waals surface area contributed by atoms with Gasteiger partial charge in [-0.1, -0.05) is 12.1 Å². The van der Waals surface area contributed by atoms with Crippen LogP contribution < -0.4 is 0 Å². The average Bonchev–Trinajstić information content (AvgIpc) is 2.42. The fourth-order valence-electron chi connectivity index (χ4n) is 1.23. The largest absolute Gasteiger partial charge is 0.448 e. The number of fused-ring (bicyclic) bond motifs is 1. The van der Waals surface area contributed by atoms with Gasteiger partial charge in [0.25, 0.3) is 5.91 Å². The maximum atomic E-state index is 11.2. The van der Waals surface area contributed by atoms with Gasteiger partial charge in [0, 0.05) is 0 Å². The molecule has 1 aromatic rings. The average molecular weight is 227 g/mol. The van der Waals surface area contributed by atoms with Crippen LogP contribution in [0.4, 0.5) is 0 Å². The zero-order valence-electron chi connectivity index (χ0n) is 7.25. The Morgan fingerprint density at radius 2 is 1.80 bits per heavy atom. The molecule has 0 spiro atoms. The molecule has 0 saturated carbocycles. The number of amides is 1. The third kappa shape index (κ3) is 1.88. The maximum absolute atomic E-state index is 11.2. The Morgan fingerprint density at radius 3 is 2.40 bits per heavy atom. The fraction of sp³-hybridized carbons (Fsp3) is 0. The Labute approximate surface area is 85.2 Å². The molecule has 0 bridgehead atoms. The van der Waals surface area contributed by atoms with E-state index >= 15 is 0 Å². The molecule has 6 nitrogen and oxygen atoms in total. The molecule has 0 saturated heterocycles. The molecule has 78 valence electrons. The fourth-order valence-corrected chi connectivity index (χ4v) is 1.56. The summed E-state index contributed by atoms with van der Waals surface area (Å²) in [6.07, 6.45) is 0. The van der Waals surface area contributed by atoms with E-state index in [9.17, 15) is 13.2 Å². The first-order chi connectivity index (χ1) is 6.97. The van der Waals surface area contributed by atoms with Crippen molar-refractivity contribution in [3.8, 4) is 0 Å². The normalized spacial score (nSPS) is 14.7. The van der Waals surface area contributed by atoms with Crippen molar-refractivity contribution in [2.45, 2.75) is 0 Å². The van der Waals surface area contributed by atoms with Crippen LogP contribution in [-0.4, -0.2) is 24.8 Å². The van der Waals surface area contributed by atoms with Crippen molar-refractivity contribution in [3.05, 3.63) is 35.4 Å². The highest BCUT2D eigenvalue weighted by atomic mass is 32.3. The molecule has 15 heavy (non-hydrogen) atoms. The number of hydrogen-bond donors (Lipinski definition) is 1. The van der Waals surface area contributed by atoms with E-state index in [1.54, 1.807) is 12.1 Å². The van der Waals surface area contributed by atoms with Crippen molar-refractivity contribution in [1.29, 1.82) is 0 Å². The van der Waals surface area contributed by atoms with Gasteiger partial charge in [-0.15, -0.1) is 0 Å². The minimum Gasteiger partial charge on any atom is -0.340 e. The number of hydrogen-bond acceptors (Lipinski definition) is 4. The van der Waals surface area contributed by atoms with E-state index in [1.807, 2.05) is 0 Å². The monoisotopic (exact) mass is 227 g/mol. The van der Waals surface area contributed by atoms with Gasteiger partial charge in [0.05, 0.1) is 11.1 Å². The van der Waals surface area contributed by atoms with Gasteiger partial charge in [0.1, 0.15) is 0 Å². The smallest absolute Gasteiger partial charge is 0.340 e.